The summed E-state index contributed by atoms with van der Waals surface area (Å²) in [6.07, 6.45) is 1.96. The van der Waals surface area contributed by atoms with Crippen LogP contribution in [0.2, 0.25) is 10.0 Å². The number of nitrogens with one attached hydrogen (secondary N) is 2. The number of hydrogen-bond acceptors (Lipinski definition) is 3. The molecule has 2 aromatic rings. The normalized spacial score (nSPS) is 15.1. The van der Waals surface area contributed by atoms with Gasteiger partial charge in [-0.1, -0.05) is 48.3 Å². The predicted molar refractivity (Wildman–Crippen MR) is 123 cm³/mol. The average molecular weight is 462 g/mol. The third-order valence-electron chi connectivity index (χ3n) is 5.20. The zero-order chi connectivity index (χ0) is 22.4. The maximum Gasteiger partial charge on any atom is 0.244 e. The van der Waals surface area contributed by atoms with Gasteiger partial charge in [0.05, 0.1) is 17.3 Å². The number of amides is 3. The molecule has 0 fully saturated rings. The molecule has 3 amide bonds. The van der Waals surface area contributed by atoms with Crippen molar-refractivity contribution in [1.82, 2.24) is 4.90 Å². The molecule has 0 aliphatic carbocycles. The van der Waals surface area contributed by atoms with Crippen molar-refractivity contribution in [2.45, 2.75) is 32.6 Å². The molecule has 1 aliphatic heterocycles. The molecule has 1 aliphatic rings. The van der Waals surface area contributed by atoms with Gasteiger partial charge in [0.1, 0.15) is 0 Å². The number of benzene rings is 2. The molecule has 1 atom stereocenters. The minimum absolute atomic E-state index is 0.0677. The van der Waals surface area contributed by atoms with Crippen LogP contribution in [0.5, 0.6) is 0 Å². The molecule has 164 valence electrons. The first-order valence-corrected chi connectivity index (χ1v) is 11.0. The Morgan fingerprint density at radius 3 is 2.74 bits per heavy atom. The van der Waals surface area contributed by atoms with Crippen molar-refractivity contribution in [2.75, 3.05) is 23.7 Å². The second-order valence-electron chi connectivity index (χ2n) is 7.57. The largest absolute Gasteiger partial charge is 0.333 e. The summed E-state index contributed by atoms with van der Waals surface area (Å²) in [6.45, 7) is 2.31. The molecule has 1 heterocycles. The lowest BCUT2D eigenvalue weighted by Crippen LogP contribution is -2.39. The number of rotatable bonds is 8. The van der Waals surface area contributed by atoms with Gasteiger partial charge in [0.25, 0.3) is 0 Å². The number of nitrogens with zero attached hydrogens (tertiary/aromatic N) is 1. The van der Waals surface area contributed by atoms with E-state index in [1.807, 2.05) is 31.2 Å². The van der Waals surface area contributed by atoms with Gasteiger partial charge >= 0.3 is 0 Å². The van der Waals surface area contributed by atoms with Gasteiger partial charge < -0.3 is 15.5 Å². The molecule has 0 aromatic heterocycles. The Balaban J connectivity index is 1.57. The maximum atomic E-state index is 12.8. The highest BCUT2D eigenvalue weighted by atomic mass is 35.5. The van der Waals surface area contributed by atoms with E-state index in [1.54, 1.807) is 18.2 Å². The molecule has 3 rings (SSSR count). The number of carbonyl (C=O) groups excluding carboxylic acids is 3. The lowest BCUT2D eigenvalue weighted by molar-refractivity contribution is -0.135. The Labute approximate surface area is 191 Å². The van der Waals surface area contributed by atoms with Gasteiger partial charge in [0, 0.05) is 29.6 Å². The number of anilines is 2. The second kappa shape index (κ2) is 10.6. The summed E-state index contributed by atoms with van der Waals surface area (Å²) < 4.78 is 0. The van der Waals surface area contributed by atoms with Gasteiger partial charge in [-0.25, -0.2) is 0 Å². The predicted octanol–water partition coefficient (Wildman–Crippen LogP) is 4.76. The van der Waals surface area contributed by atoms with Crippen molar-refractivity contribution >= 4 is 52.3 Å². The zero-order valence-electron chi connectivity index (χ0n) is 17.3. The van der Waals surface area contributed by atoms with Crippen molar-refractivity contribution in [1.29, 1.82) is 0 Å². The lowest BCUT2D eigenvalue weighted by Gasteiger charge is -2.26. The van der Waals surface area contributed by atoms with E-state index in [2.05, 4.69) is 10.6 Å². The summed E-state index contributed by atoms with van der Waals surface area (Å²) in [5.74, 6) is -0.834. The fraction of sp³-hybridized carbons (Fsp3) is 0.348. The average Bonchev–Trinajstić information content (AvgIpc) is 2.74. The summed E-state index contributed by atoms with van der Waals surface area (Å²) in [4.78, 5) is 39.2. The standard InChI is InChI=1S/C23H25Cl2N3O3/c1-2-11-28(14-21(29)26-20-13-17(24)8-9-18(20)25)22(30)10-7-16-12-15-5-3-4-6-19(15)27-23(16)31/h3-6,8-9,13,16H,2,7,10-12,14H2,1H3,(H,26,29)(H,27,31). The fourth-order valence-electron chi connectivity index (χ4n) is 3.62. The second-order valence-corrected chi connectivity index (χ2v) is 8.42. The molecule has 0 saturated carbocycles. The molecule has 2 aromatic carbocycles. The molecular formula is C23H25Cl2N3O3. The van der Waals surface area contributed by atoms with E-state index in [-0.39, 0.29) is 36.6 Å². The SMILES string of the molecule is CCCN(CC(=O)Nc1cc(Cl)ccc1Cl)C(=O)CCC1Cc2ccccc2NC1=O. The Hall–Kier alpha value is -2.57. The third kappa shape index (κ3) is 6.21. The highest BCUT2D eigenvalue weighted by molar-refractivity contribution is 6.35. The zero-order valence-corrected chi connectivity index (χ0v) is 18.8. The maximum absolute atomic E-state index is 12.8. The molecular weight excluding hydrogens is 437 g/mol. The molecule has 8 heteroatoms. The van der Waals surface area contributed by atoms with E-state index in [1.165, 1.54) is 4.90 Å². The van der Waals surface area contributed by atoms with Crippen LogP contribution < -0.4 is 10.6 Å². The molecule has 1 unspecified atom stereocenters. The van der Waals surface area contributed by atoms with Crippen molar-refractivity contribution < 1.29 is 14.4 Å². The minimum atomic E-state index is -0.352. The lowest BCUT2D eigenvalue weighted by atomic mass is 9.89. The summed E-state index contributed by atoms with van der Waals surface area (Å²) >= 11 is 12.1. The first-order valence-electron chi connectivity index (χ1n) is 10.3. The number of para-hydroxylation sites is 1. The Kier molecular flexibility index (Phi) is 7.93. The highest BCUT2D eigenvalue weighted by Crippen LogP contribution is 2.28. The smallest absolute Gasteiger partial charge is 0.244 e. The van der Waals surface area contributed by atoms with Gasteiger partial charge in [-0.2, -0.15) is 0 Å². The molecule has 0 spiro atoms. The van der Waals surface area contributed by atoms with Crippen molar-refractivity contribution in [3.05, 3.63) is 58.1 Å². The van der Waals surface area contributed by atoms with Gasteiger partial charge in [0.2, 0.25) is 17.7 Å². The van der Waals surface area contributed by atoms with Crippen LogP contribution in [0.4, 0.5) is 11.4 Å². The van der Waals surface area contributed by atoms with E-state index in [4.69, 9.17) is 23.2 Å². The third-order valence-corrected chi connectivity index (χ3v) is 5.77. The minimum Gasteiger partial charge on any atom is -0.333 e. The monoisotopic (exact) mass is 461 g/mol. The Morgan fingerprint density at radius 1 is 1.19 bits per heavy atom. The summed E-state index contributed by atoms with van der Waals surface area (Å²) in [5.41, 5.74) is 2.31. The van der Waals surface area contributed by atoms with Crippen LogP contribution in [0, 0.1) is 5.92 Å². The first-order chi connectivity index (χ1) is 14.9. The molecule has 0 radical (unpaired) electrons. The van der Waals surface area contributed by atoms with Crippen LogP contribution in [-0.4, -0.2) is 35.7 Å². The highest BCUT2D eigenvalue weighted by Gasteiger charge is 2.27. The van der Waals surface area contributed by atoms with Crippen molar-refractivity contribution in [2.24, 2.45) is 5.92 Å². The van der Waals surface area contributed by atoms with Crippen LogP contribution in [0.3, 0.4) is 0 Å². The van der Waals surface area contributed by atoms with Crippen molar-refractivity contribution in [3.63, 3.8) is 0 Å². The number of carbonyl (C=O) groups is 3. The summed E-state index contributed by atoms with van der Waals surface area (Å²) in [5, 5.41) is 6.43. The van der Waals surface area contributed by atoms with Gasteiger partial charge in [0.15, 0.2) is 0 Å². The molecule has 0 saturated heterocycles. The van der Waals surface area contributed by atoms with Crippen LogP contribution in [0.25, 0.3) is 0 Å². The molecule has 6 nitrogen and oxygen atoms in total. The topological polar surface area (TPSA) is 78.5 Å². The van der Waals surface area contributed by atoms with E-state index in [0.717, 1.165) is 11.3 Å². The van der Waals surface area contributed by atoms with Crippen LogP contribution in [0.1, 0.15) is 31.7 Å². The van der Waals surface area contributed by atoms with Crippen LogP contribution in [-0.2, 0) is 20.8 Å². The van der Waals surface area contributed by atoms with E-state index < -0.39 is 0 Å². The quantitative estimate of drug-likeness (QED) is 0.594. The number of halogens is 2. The molecule has 0 bridgehead atoms. The first kappa shape index (κ1) is 23.1. The summed E-state index contributed by atoms with van der Waals surface area (Å²) in [7, 11) is 0. The van der Waals surface area contributed by atoms with Crippen LogP contribution >= 0.6 is 23.2 Å². The molecule has 2 N–H and O–H groups in total. The fourth-order valence-corrected chi connectivity index (χ4v) is 3.96. The molecule has 31 heavy (non-hydrogen) atoms. The van der Waals surface area contributed by atoms with Gasteiger partial charge in [-0.05, 0) is 49.1 Å². The van der Waals surface area contributed by atoms with Crippen LogP contribution in [0.15, 0.2) is 42.5 Å². The van der Waals surface area contributed by atoms with E-state index >= 15 is 0 Å². The van der Waals surface area contributed by atoms with Gasteiger partial charge in [-0.3, -0.25) is 14.4 Å². The van der Waals surface area contributed by atoms with E-state index in [9.17, 15) is 14.4 Å². The van der Waals surface area contributed by atoms with Gasteiger partial charge in [-0.15, -0.1) is 0 Å². The Morgan fingerprint density at radius 2 is 1.97 bits per heavy atom. The van der Waals surface area contributed by atoms with Crippen molar-refractivity contribution in [3.8, 4) is 0 Å². The summed E-state index contributed by atoms with van der Waals surface area (Å²) in [6, 6.07) is 12.5. The Bertz CT molecular complexity index is 980. The number of hydrogen-bond donors (Lipinski definition) is 2. The number of fused-ring (bicyclic) bond motifs is 1. The van der Waals surface area contributed by atoms with E-state index in [0.29, 0.717) is 41.5 Å².